The lowest BCUT2D eigenvalue weighted by atomic mass is 10.2. The summed E-state index contributed by atoms with van der Waals surface area (Å²) in [7, 11) is 0. The SMILES string of the molecule is CCSCCC(C)NCc1ccc(C#N)o1. The fourth-order valence-corrected chi connectivity index (χ4v) is 2.12. The maximum atomic E-state index is 8.60. The minimum atomic E-state index is 0.381. The molecule has 3 nitrogen and oxygen atoms in total. The van der Waals surface area contributed by atoms with Gasteiger partial charge in [-0.1, -0.05) is 6.92 Å². The van der Waals surface area contributed by atoms with Gasteiger partial charge >= 0.3 is 0 Å². The highest BCUT2D eigenvalue weighted by Crippen LogP contribution is 2.08. The fraction of sp³-hybridized carbons (Fsp3) is 0.583. The van der Waals surface area contributed by atoms with Crippen LogP contribution in [0, 0.1) is 11.3 Å². The molecule has 0 bridgehead atoms. The van der Waals surface area contributed by atoms with Crippen LogP contribution in [0.15, 0.2) is 16.5 Å². The Morgan fingerprint density at radius 1 is 1.56 bits per heavy atom. The molecule has 0 saturated heterocycles. The van der Waals surface area contributed by atoms with Crippen LogP contribution >= 0.6 is 11.8 Å². The molecule has 1 atom stereocenters. The van der Waals surface area contributed by atoms with E-state index in [0.717, 1.165) is 12.2 Å². The Bertz CT molecular complexity index is 343. The summed E-state index contributed by atoms with van der Waals surface area (Å²) in [6.07, 6.45) is 1.16. The lowest BCUT2D eigenvalue weighted by molar-refractivity contribution is 0.445. The molecule has 0 aromatic carbocycles. The van der Waals surface area contributed by atoms with Gasteiger partial charge in [-0.3, -0.25) is 0 Å². The van der Waals surface area contributed by atoms with Crippen molar-refractivity contribution in [3.05, 3.63) is 23.7 Å². The van der Waals surface area contributed by atoms with Crippen molar-refractivity contribution in [1.82, 2.24) is 5.32 Å². The first kappa shape index (κ1) is 13.1. The predicted molar refractivity (Wildman–Crippen MR) is 67.3 cm³/mol. The van der Waals surface area contributed by atoms with Gasteiger partial charge in [0.05, 0.1) is 6.54 Å². The van der Waals surface area contributed by atoms with Crippen molar-refractivity contribution < 1.29 is 4.42 Å². The van der Waals surface area contributed by atoms with E-state index in [1.807, 2.05) is 23.9 Å². The molecule has 88 valence electrons. The molecule has 0 saturated carbocycles. The van der Waals surface area contributed by atoms with Gasteiger partial charge in [0.25, 0.3) is 0 Å². The van der Waals surface area contributed by atoms with Crippen molar-refractivity contribution in [2.75, 3.05) is 11.5 Å². The number of thioether (sulfide) groups is 1. The Labute approximate surface area is 101 Å². The van der Waals surface area contributed by atoms with Crippen LogP contribution in [-0.2, 0) is 6.54 Å². The molecule has 1 aromatic rings. The zero-order valence-electron chi connectivity index (χ0n) is 9.82. The monoisotopic (exact) mass is 238 g/mol. The van der Waals surface area contributed by atoms with E-state index < -0.39 is 0 Å². The van der Waals surface area contributed by atoms with Crippen molar-refractivity contribution in [1.29, 1.82) is 5.26 Å². The van der Waals surface area contributed by atoms with Crippen LogP contribution < -0.4 is 5.32 Å². The second-order valence-corrected chi connectivity index (χ2v) is 5.04. The van der Waals surface area contributed by atoms with Crippen LogP contribution in [0.2, 0.25) is 0 Å². The normalized spacial score (nSPS) is 12.3. The summed E-state index contributed by atoms with van der Waals surface area (Å²) in [6, 6.07) is 6.01. The standard InChI is InChI=1S/C12H18N2OS/c1-3-16-7-6-10(2)14-9-12-5-4-11(8-13)15-12/h4-5,10,14H,3,6-7,9H2,1-2H3. The van der Waals surface area contributed by atoms with Gasteiger partial charge in [0.2, 0.25) is 5.76 Å². The molecule has 1 unspecified atom stereocenters. The Kier molecular flexibility index (Phi) is 6.05. The second-order valence-electron chi connectivity index (χ2n) is 3.65. The molecule has 1 heterocycles. The highest BCUT2D eigenvalue weighted by Gasteiger charge is 2.04. The van der Waals surface area contributed by atoms with Crippen LogP contribution in [0.3, 0.4) is 0 Å². The van der Waals surface area contributed by atoms with E-state index in [0.29, 0.717) is 18.3 Å². The van der Waals surface area contributed by atoms with Gasteiger partial charge in [0.1, 0.15) is 11.8 Å². The number of hydrogen-bond donors (Lipinski definition) is 1. The molecule has 0 aliphatic heterocycles. The van der Waals surface area contributed by atoms with E-state index in [2.05, 4.69) is 19.2 Å². The zero-order valence-corrected chi connectivity index (χ0v) is 10.6. The molecular formula is C12H18N2OS. The van der Waals surface area contributed by atoms with Crippen LogP contribution in [0.5, 0.6) is 0 Å². The van der Waals surface area contributed by atoms with Crippen molar-refractivity contribution in [2.45, 2.75) is 32.9 Å². The summed E-state index contributed by atoms with van der Waals surface area (Å²) >= 11 is 1.96. The van der Waals surface area contributed by atoms with Crippen LogP contribution in [0.1, 0.15) is 31.8 Å². The lowest BCUT2D eigenvalue weighted by Crippen LogP contribution is -2.25. The molecule has 16 heavy (non-hydrogen) atoms. The first-order valence-electron chi connectivity index (χ1n) is 5.56. The largest absolute Gasteiger partial charge is 0.449 e. The third-order valence-electron chi connectivity index (χ3n) is 2.30. The van der Waals surface area contributed by atoms with Crippen LogP contribution in [0.25, 0.3) is 0 Å². The van der Waals surface area contributed by atoms with Crippen molar-refractivity contribution in [3.8, 4) is 6.07 Å². The summed E-state index contributed by atoms with van der Waals surface area (Å²) in [5.41, 5.74) is 0. The summed E-state index contributed by atoms with van der Waals surface area (Å²) < 4.78 is 5.28. The van der Waals surface area contributed by atoms with Crippen molar-refractivity contribution in [2.24, 2.45) is 0 Å². The van der Waals surface area contributed by atoms with Gasteiger partial charge < -0.3 is 9.73 Å². The van der Waals surface area contributed by atoms with Gasteiger partial charge in [0.15, 0.2) is 0 Å². The average molecular weight is 238 g/mol. The fourth-order valence-electron chi connectivity index (χ4n) is 1.31. The lowest BCUT2D eigenvalue weighted by Gasteiger charge is -2.11. The number of rotatable bonds is 7. The van der Waals surface area contributed by atoms with Gasteiger partial charge in [0, 0.05) is 6.04 Å². The van der Waals surface area contributed by atoms with Gasteiger partial charge in [-0.15, -0.1) is 0 Å². The van der Waals surface area contributed by atoms with E-state index in [1.54, 1.807) is 6.07 Å². The Balaban J connectivity index is 2.21. The zero-order chi connectivity index (χ0) is 11.8. The molecule has 0 aliphatic rings. The molecule has 0 amide bonds. The van der Waals surface area contributed by atoms with Gasteiger partial charge in [-0.2, -0.15) is 17.0 Å². The molecule has 1 N–H and O–H groups in total. The molecule has 1 rings (SSSR count). The van der Waals surface area contributed by atoms with Crippen LogP contribution in [-0.4, -0.2) is 17.5 Å². The molecule has 1 aromatic heterocycles. The van der Waals surface area contributed by atoms with Gasteiger partial charge in [-0.05, 0) is 37.0 Å². The maximum Gasteiger partial charge on any atom is 0.203 e. The van der Waals surface area contributed by atoms with E-state index in [-0.39, 0.29) is 0 Å². The number of furan rings is 1. The first-order chi connectivity index (χ1) is 7.76. The summed E-state index contributed by atoms with van der Waals surface area (Å²) in [5, 5.41) is 12.0. The van der Waals surface area contributed by atoms with E-state index in [4.69, 9.17) is 9.68 Å². The Hall–Kier alpha value is -0.920. The summed E-state index contributed by atoms with van der Waals surface area (Å²) in [5.74, 6) is 3.57. The predicted octanol–water partition coefficient (Wildman–Crippen LogP) is 2.77. The molecule has 0 aliphatic carbocycles. The number of nitriles is 1. The second kappa shape index (κ2) is 7.37. The average Bonchev–Trinajstić information content (AvgIpc) is 2.74. The molecule has 4 heteroatoms. The van der Waals surface area contributed by atoms with E-state index in [9.17, 15) is 0 Å². The topological polar surface area (TPSA) is 49.0 Å². The summed E-state index contributed by atoms with van der Waals surface area (Å²) in [6.45, 7) is 5.04. The van der Waals surface area contributed by atoms with E-state index >= 15 is 0 Å². The minimum absolute atomic E-state index is 0.381. The third-order valence-corrected chi connectivity index (χ3v) is 3.23. The third kappa shape index (κ3) is 4.73. The van der Waals surface area contributed by atoms with Crippen molar-refractivity contribution in [3.63, 3.8) is 0 Å². The molecular weight excluding hydrogens is 220 g/mol. The number of nitrogens with one attached hydrogen (secondary N) is 1. The smallest absolute Gasteiger partial charge is 0.203 e. The summed E-state index contributed by atoms with van der Waals surface area (Å²) in [4.78, 5) is 0. The highest BCUT2D eigenvalue weighted by atomic mass is 32.2. The quantitative estimate of drug-likeness (QED) is 0.742. The van der Waals surface area contributed by atoms with E-state index in [1.165, 1.54) is 11.5 Å². The molecule has 0 radical (unpaired) electrons. The highest BCUT2D eigenvalue weighted by molar-refractivity contribution is 7.99. The minimum Gasteiger partial charge on any atom is -0.449 e. The number of nitrogens with zero attached hydrogens (tertiary/aromatic N) is 1. The van der Waals surface area contributed by atoms with Gasteiger partial charge in [-0.25, -0.2) is 0 Å². The molecule has 0 spiro atoms. The van der Waals surface area contributed by atoms with Crippen molar-refractivity contribution >= 4 is 11.8 Å². The molecule has 0 fully saturated rings. The number of hydrogen-bond acceptors (Lipinski definition) is 4. The maximum absolute atomic E-state index is 8.60. The first-order valence-corrected chi connectivity index (χ1v) is 6.71. The van der Waals surface area contributed by atoms with Crippen LogP contribution in [0.4, 0.5) is 0 Å². The Morgan fingerprint density at radius 3 is 3.00 bits per heavy atom. The Morgan fingerprint density at radius 2 is 2.38 bits per heavy atom.